The number of benzene rings is 1. The first-order chi connectivity index (χ1) is 9.10. The van der Waals surface area contributed by atoms with Crippen LogP contribution < -0.4 is 0 Å². The van der Waals surface area contributed by atoms with Gasteiger partial charge in [-0.1, -0.05) is 6.07 Å². The molecule has 1 amide bonds. The van der Waals surface area contributed by atoms with E-state index in [1.54, 1.807) is 17.0 Å². The number of nitrogens with zero attached hydrogens (tertiary/aromatic N) is 2. The lowest BCUT2D eigenvalue weighted by molar-refractivity contribution is -0.385. The summed E-state index contributed by atoms with van der Waals surface area (Å²) in [6.07, 6.45) is 0.999. The molecule has 0 aromatic heterocycles. The number of aliphatic hydroxyl groups excluding tert-OH is 1. The first kappa shape index (κ1) is 12.1. The Bertz CT molecular complexity index is 558. The number of amides is 1. The van der Waals surface area contributed by atoms with Crippen molar-refractivity contribution in [2.75, 3.05) is 6.54 Å². The summed E-state index contributed by atoms with van der Waals surface area (Å²) >= 11 is 0. The standard InChI is InChI=1S/C13H14N2O4/c16-7-9-2-1-8(3-12(9)15(18)19)5-14-6-10-4-11(10)13(14)17/h1-3,10-11,16H,4-7H2. The third-order valence-corrected chi connectivity index (χ3v) is 3.90. The maximum atomic E-state index is 11.8. The van der Waals surface area contributed by atoms with Crippen LogP contribution in [0.1, 0.15) is 17.5 Å². The van der Waals surface area contributed by atoms with Crippen molar-refractivity contribution in [2.24, 2.45) is 11.8 Å². The van der Waals surface area contributed by atoms with Crippen LogP contribution in [0.15, 0.2) is 18.2 Å². The molecule has 2 atom stereocenters. The molecule has 1 saturated carbocycles. The smallest absolute Gasteiger partial charge is 0.275 e. The van der Waals surface area contributed by atoms with E-state index in [0.29, 0.717) is 18.0 Å². The molecule has 1 aliphatic heterocycles. The number of fused-ring (bicyclic) bond motifs is 1. The van der Waals surface area contributed by atoms with Gasteiger partial charge in [0.1, 0.15) is 0 Å². The van der Waals surface area contributed by atoms with E-state index in [1.165, 1.54) is 6.07 Å². The zero-order valence-electron chi connectivity index (χ0n) is 10.3. The summed E-state index contributed by atoms with van der Waals surface area (Å²) in [5.74, 6) is 0.866. The second kappa shape index (κ2) is 4.31. The molecule has 100 valence electrons. The summed E-state index contributed by atoms with van der Waals surface area (Å²) in [6.45, 7) is 0.820. The first-order valence-electron chi connectivity index (χ1n) is 6.26. The molecule has 6 heteroatoms. The summed E-state index contributed by atoms with van der Waals surface area (Å²) in [7, 11) is 0. The molecule has 2 aliphatic rings. The third kappa shape index (κ3) is 2.08. The second-order valence-electron chi connectivity index (χ2n) is 5.20. The van der Waals surface area contributed by atoms with Gasteiger partial charge in [-0.15, -0.1) is 0 Å². The predicted octanol–water partition coefficient (Wildman–Crippen LogP) is 1.07. The van der Waals surface area contributed by atoms with Gasteiger partial charge >= 0.3 is 0 Å². The molecule has 0 bridgehead atoms. The lowest BCUT2D eigenvalue weighted by atomic mass is 10.1. The minimum Gasteiger partial charge on any atom is -0.391 e. The SMILES string of the molecule is O=C1C2CC2CN1Cc1ccc(CO)c([N+](=O)[O-])c1. The van der Waals surface area contributed by atoms with E-state index in [9.17, 15) is 14.9 Å². The average molecular weight is 262 g/mol. The highest BCUT2D eigenvalue weighted by Gasteiger charge is 2.51. The number of carbonyl (C=O) groups is 1. The number of nitro benzene ring substituents is 1. The monoisotopic (exact) mass is 262 g/mol. The Kier molecular flexibility index (Phi) is 2.74. The molecule has 1 saturated heterocycles. The molecule has 2 fully saturated rings. The van der Waals surface area contributed by atoms with Crippen molar-refractivity contribution in [1.82, 2.24) is 4.90 Å². The average Bonchev–Trinajstić information content (AvgIpc) is 3.10. The molecule has 1 aliphatic carbocycles. The van der Waals surface area contributed by atoms with E-state index < -0.39 is 4.92 Å². The molecule has 3 rings (SSSR count). The third-order valence-electron chi connectivity index (χ3n) is 3.90. The van der Waals surface area contributed by atoms with Gasteiger partial charge in [-0.05, 0) is 24.0 Å². The number of carbonyl (C=O) groups excluding carboxylic acids is 1. The molecule has 6 nitrogen and oxygen atoms in total. The largest absolute Gasteiger partial charge is 0.391 e. The Morgan fingerprint density at radius 1 is 1.47 bits per heavy atom. The number of aliphatic hydroxyl groups is 1. The van der Waals surface area contributed by atoms with Gasteiger partial charge in [-0.3, -0.25) is 14.9 Å². The van der Waals surface area contributed by atoms with Gasteiger partial charge in [-0.25, -0.2) is 0 Å². The maximum absolute atomic E-state index is 11.8. The highest BCUT2D eigenvalue weighted by molar-refractivity contribution is 5.84. The van der Waals surface area contributed by atoms with Gasteiger partial charge in [0.25, 0.3) is 5.69 Å². The van der Waals surface area contributed by atoms with E-state index >= 15 is 0 Å². The molecular formula is C13H14N2O4. The van der Waals surface area contributed by atoms with Crippen LogP contribution in [-0.2, 0) is 17.9 Å². The van der Waals surface area contributed by atoms with Gasteiger partial charge in [0.05, 0.1) is 17.1 Å². The quantitative estimate of drug-likeness (QED) is 0.649. The summed E-state index contributed by atoms with van der Waals surface area (Å²) in [4.78, 5) is 24.0. The fourth-order valence-electron chi connectivity index (χ4n) is 2.73. The summed E-state index contributed by atoms with van der Waals surface area (Å²) in [5.41, 5.74) is 0.944. The molecule has 1 aromatic rings. The first-order valence-corrected chi connectivity index (χ1v) is 6.26. The number of nitro groups is 1. The van der Waals surface area contributed by atoms with E-state index in [4.69, 9.17) is 5.11 Å². The van der Waals surface area contributed by atoms with Crippen molar-refractivity contribution in [1.29, 1.82) is 0 Å². The number of rotatable bonds is 4. The maximum Gasteiger partial charge on any atom is 0.275 e. The van der Waals surface area contributed by atoms with Crippen molar-refractivity contribution in [3.63, 3.8) is 0 Å². The highest BCUT2D eigenvalue weighted by Crippen LogP contribution is 2.46. The van der Waals surface area contributed by atoms with Crippen LogP contribution in [-0.4, -0.2) is 27.4 Å². The van der Waals surface area contributed by atoms with Gasteiger partial charge in [0.15, 0.2) is 0 Å². The highest BCUT2D eigenvalue weighted by atomic mass is 16.6. The van der Waals surface area contributed by atoms with Crippen LogP contribution in [0.2, 0.25) is 0 Å². The molecule has 1 aromatic carbocycles. The predicted molar refractivity (Wildman–Crippen MR) is 66.0 cm³/mol. The van der Waals surface area contributed by atoms with Crippen LogP contribution in [0, 0.1) is 22.0 Å². The normalized spacial score (nSPS) is 24.5. The van der Waals surface area contributed by atoms with Gasteiger partial charge in [0.2, 0.25) is 5.91 Å². The van der Waals surface area contributed by atoms with Gasteiger partial charge in [-0.2, -0.15) is 0 Å². The minimum absolute atomic E-state index is 0.0863. The van der Waals surface area contributed by atoms with Crippen molar-refractivity contribution >= 4 is 11.6 Å². The summed E-state index contributed by atoms with van der Waals surface area (Å²) in [6, 6.07) is 4.73. The Hall–Kier alpha value is -1.95. The lowest BCUT2D eigenvalue weighted by Crippen LogP contribution is -2.27. The topological polar surface area (TPSA) is 83.7 Å². The van der Waals surface area contributed by atoms with Gasteiger partial charge in [0, 0.05) is 25.1 Å². The fourth-order valence-corrected chi connectivity index (χ4v) is 2.73. The number of piperidine rings is 1. The second-order valence-corrected chi connectivity index (χ2v) is 5.20. The number of hydrogen-bond acceptors (Lipinski definition) is 4. The van der Waals surface area contributed by atoms with E-state index in [0.717, 1.165) is 18.5 Å². The Labute approximate surface area is 109 Å². The Morgan fingerprint density at radius 3 is 2.84 bits per heavy atom. The van der Waals surface area contributed by atoms with Crippen LogP contribution in [0.25, 0.3) is 0 Å². The summed E-state index contributed by atoms with van der Waals surface area (Å²) in [5, 5.41) is 20.0. The summed E-state index contributed by atoms with van der Waals surface area (Å²) < 4.78 is 0. The zero-order chi connectivity index (χ0) is 13.6. The fraction of sp³-hybridized carbons (Fsp3) is 0.462. The molecular weight excluding hydrogens is 248 g/mol. The van der Waals surface area contributed by atoms with Crippen molar-refractivity contribution in [3.05, 3.63) is 39.4 Å². The van der Waals surface area contributed by atoms with Crippen LogP contribution in [0.3, 0.4) is 0 Å². The minimum atomic E-state index is -0.502. The van der Waals surface area contributed by atoms with Crippen LogP contribution >= 0.6 is 0 Å². The van der Waals surface area contributed by atoms with E-state index in [2.05, 4.69) is 0 Å². The molecule has 1 N–H and O–H groups in total. The number of likely N-dealkylation sites (tertiary alicyclic amines) is 1. The molecule has 0 spiro atoms. The number of hydrogen-bond donors (Lipinski definition) is 1. The molecule has 2 unspecified atom stereocenters. The Balaban J connectivity index is 1.79. The lowest BCUT2D eigenvalue weighted by Gasteiger charge is -2.18. The molecule has 0 radical (unpaired) electrons. The zero-order valence-corrected chi connectivity index (χ0v) is 10.3. The van der Waals surface area contributed by atoms with Crippen molar-refractivity contribution in [2.45, 2.75) is 19.6 Å². The van der Waals surface area contributed by atoms with E-state index in [1.807, 2.05) is 0 Å². The van der Waals surface area contributed by atoms with Crippen molar-refractivity contribution in [3.8, 4) is 0 Å². The van der Waals surface area contributed by atoms with Crippen LogP contribution in [0.4, 0.5) is 5.69 Å². The van der Waals surface area contributed by atoms with E-state index in [-0.39, 0.29) is 24.1 Å². The molecule has 19 heavy (non-hydrogen) atoms. The van der Waals surface area contributed by atoms with Crippen molar-refractivity contribution < 1.29 is 14.8 Å². The Morgan fingerprint density at radius 2 is 2.26 bits per heavy atom. The van der Waals surface area contributed by atoms with Gasteiger partial charge < -0.3 is 10.0 Å². The molecule has 1 heterocycles. The van der Waals surface area contributed by atoms with Crippen LogP contribution in [0.5, 0.6) is 0 Å².